The predicted octanol–water partition coefficient (Wildman–Crippen LogP) is 1.34. The summed E-state index contributed by atoms with van der Waals surface area (Å²) in [5.41, 5.74) is 0. The monoisotopic (exact) mass is 271 g/mol. The molecule has 1 atom stereocenters. The Morgan fingerprint density at radius 2 is 2.44 bits per heavy atom. The summed E-state index contributed by atoms with van der Waals surface area (Å²) < 4.78 is 4.91. The van der Waals surface area contributed by atoms with Gasteiger partial charge in [-0.1, -0.05) is 6.92 Å². The third-order valence-corrected chi connectivity index (χ3v) is 3.40. The van der Waals surface area contributed by atoms with Crippen LogP contribution in [0.5, 0.6) is 0 Å². The van der Waals surface area contributed by atoms with Crippen LogP contribution in [0.2, 0.25) is 0 Å². The number of hydrogen-bond donors (Lipinski definition) is 2. The van der Waals surface area contributed by atoms with Crippen molar-refractivity contribution in [3.63, 3.8) is 0 Å². The molecule has 1 heterocycles. The van der Waals surface area contributed by atoms with E-state index in [1.165, 1.54) is 0 Å². The van der Waals surface area contributed by atoms with E-state index in [1.54, 1.807) is 24.6 Å². The van der Waals surface area contributed by atoms with Crippen LogP contribution in [0.25, 0.3) is 0 Å². The Morgan fingerprint density at radius 1 is 1.61 bits per heavy atom. The molecule has 0 saturated carbocycles. The smallest absolute Gasteiger partial charge is 0.233 e. The average molecular weight is 271 g/mol. The first-order valence-electron chi connectivity index (χ1n) is 6.16. The number of rotatable bonds is 9. The zero-order valence-electron chi connectivity index (χ0n) is 10.9. The number of amides is 1. The lowest BCUT2D eigenvalue weighted by atomic mass is 10.2. The third-order valence-electron chi connectivity index (χ3n) is 2.51. The molecular weight excluding hydrogens is 250 g/mol. The van der Waals surface area contributed by atoms with Crippen molar-refractivity contribution in [1.82, 2.24) is 15.6 Å². The van der Waals surface area contributed by atoms with Crippen molar-refractivity contribution < 1.29 is 9.53 Å². The largest absolute Gasteiger partial charge is 0.385 e. The summed E-state index contributed by atoms with van der Waals surface area (Å²) in [6.45, 7) is 3.73. The molecule has 2 N–H and O–H groups in total. The van der Waals surface area contributed by atoms with Crippen LogP contribution < -0.4 is 10.6 Å². The molecule has 0 aromatic carbocycles. The fourth-order valence-corrected chi connectivity index (χ4v) is 2.33. The minimum atomic E-state index is 0.0149. The van der Waals surface area contributed by atoms with Crippen LogP contribution in [-0.2, 0) is 9.53 Å². The van der Waals surface area contributed by atoms with Gasteiger partial charge >= 0.3 is 0 Å². The molecule has 6 heteroatoms. The highest BCUT2D eigenvalue weighted by atomic mass is 32.1. The number of nitrogens with zero attached hydrogens (tertiary/aromatic N) is 1. The second kappa shape index (κ2) is 9.02. The van der Waals surface area contributed by atoms with Gasteiger partial charge in [0.05, 0.1) is 12.6 Å². The molecule has 1 aromatic rings. The van der Waals surface area contributed by atoms with Gasteiger partial charge in [-0.05, 0) is 12.8 Å². The Bertz CT molecular complexity index is 330. The minimum Gasteiger partial charge on any atom is -0.385 e. The van der Waals surface area contributed by atoms with E-state index in [2.05, 4.69) is 22.5 Å². The van der Waals surface area contributed by atoms with Crippen molar-refractivity contribution in [3.8, 4) is 0 Å². The Kier molecular flexibility index (Phi) is 7.55. The van der Waals surface area contributed by atoms with E-state index in [0.717, 1.165) is 17.8 Å². The highest BCUT2D eigenvalue weighted by Gasteiger charge is 2.12. The van der Waals surface area contributed by atoms with Crippen LogP contribution >= 0.6 is 11.3 Å². The summed E-state index contributed by atoms with van der Waals surface area (Å²) >= 11 is 1.61. The van der Waals surface area contributed by atoms with Crippen LogP contribution in [-0.4, -0.2) is 37.7 Å². The summed E-state index contributed by atoms with van der Waals surface area (Å²) in [5.74, 6) is 0.0149. The second-order valence-corrected chi connectivity index (χ2v) is 4.83. The minimum absolute atomic E-state index is 0.0149. The number of carbonyl (C=O) groups excluding carboxylic acids is 1. The van der Waals surface area contributed by atoms with Crippen molar-refractivity contribution in [2.75, 3.05) is 26.8 Å². The number of thiazole rings is 1. The molecule has 1 aromatic heterocycles. The molecular formula is C12H21N3O2S. The number of nitrogens with one attached hydrogen (secondary N) is 2. The summed E-state index contributed by atoms with van der Waals surface area (Å²) in [6, 6.07) is 0.162. The fraction of sp³-hybridized carbons (Fsp3) is 0.667. The second-order valence-electron chi connectivity index (χ2n) is 3.91. The maximum Gasteiger partial charge on any atom is 0.233 e. The Morgan fingerprint density at radius 3 is 3.06 bits per heavy atom. The van der Waals surface area contributed by atoms with Gasteiger partial charge in [-0.15, -0.1) is 11.3 Å². The zero-order valence-corrected chi connectivity index (χ0v) is 11.8. The molecule has 18 heavy (non-hydrogen) atoms. The number of methoxy groups -OCH3 is 1. The molecule has 0 spiro atoms. The first-order chi connectivity index (χ1) is 8.77. The quantitative estimate of drug-likeness (QED) is 0.665. The number of hydrogen-bond acceptors (Lipinski definition) is 5. The summed E-state index contributed by atoms with van der Waals surface area (Å²) in [4.78, 5) is 15.8. The van der Waals surface area contributed by atoms with Gasteiger partial charge < -0.3 is 10.1 Å². The first kappa shape index (κ1) is 15.1. The highest BCUT2D eigenvalue weighted by Crippen LogP contribution is 2.18. The molecule has 0 aliphatic carbocycles. The van der Waals surface area contributed by atoms with E-state index in [9.17, 15) is 4.79 Å². The first-order valence-corrected chi connectivity index (χ1v) is 7.04. The molecule has 0 aliphatic heterocycles. The van der Waals surface area contributed by atoms with Crippen molar-refractivity contribution >= 4 is 17.2 Å². The number of carbonyl (C=O) groups is 1. The third kappa shape index (κ3) is 5.57. The van der Waals surface area contributed by atoms with E-state index in [0.29, 0.717) is 19.7 Å². The SMILES string of the molecule is CCC(NCC(=O)NCCCOC)c1nccs1. The van der Waals surface area contributed by atoms with Crippen molar-refractivity contribution in [2.24, 2.45) is 0 Å². The maximum atomic E-state index is 11.6. The molecule has 0 fully saturated rings. The molecule has 0 radical (unpaired) electrons. The Labute approximate surface area is 112 Å². The van der Waals surface area contributed by atoms with E-state index < -0.39 is 0 Å². The highest BCUT2D eigenvalue weighted by molar-refractivity contribution is 7.09. The number of ether oxygens (including phenoxy) is 1. The average Bonchev–Trinajstić information content (AvgIpc) is 2.89. The van der Waals surface area contributed by atoms with Crippen LogP contribution in [0.15, 0.2) is 11.6 Å². The van der Waals surface area contributed by atoms with Crippen LogP contribution in [0.3, 0.4) is 0 Å². The molecule has 1 rings (SSSR count). The fourth-order valence-electron chi connectivity index (χ4n) is 1.54. The lowest BCUT2D eigenvalue weighted by Gasteiger charge is -2.14. The van der Waals surface area contributed by atoms with Gasteiger partial charge in [-0.3, -0.25) is 10.1 Å². The zero-order chi connectivity index (χ0) is 13.2. The van der Waals surface area contributed by atoms with Gasteiger partial charge in [0.25, 0.3) is 0 Å². The molecule has 102 valence electrons. The topological polar surface area (TPSA) is 63.2 Å². The van der Waals surface area contributed by atoms with E-state index in [4.69, 9.17) is 4.74 Å². The summed E-state index contributed by atoms with van der Waals surface area (Å²) in [7, 11) is 1.66. The molecule has 0 bridgehead atoms. The normalized spacial score (nSPS) is 12.3. The molecule has 0 saturated heterocycles. The Hall–Kier alpha value is -0.980. The van der Waals surface area contributed by atoms with Crippen molar-refractivity contribution in [3.05, 3.63) is 16.6 Å². The maximum absolute atomic E-state index is 11.6. The van der Waals surface area contributed by atoms with Gasteiger partial charge in [0.2, 0.25) is 5.91 Å². The molecule has 0 aliphatic rings. The molecule has 1 unspecified atom stereocenters. The van der Waals surface area contributed by atoms with Gasteiger partial charge in [0.15, 0.2) is 0 Å². The van der Waals surface area contributed by atoms with E-state index in [-0.39, 0.29) is 11.9 Å². The van der Waals surface area contributed by atoms with Gasteiger partial charge in [0.1, 0.15) is 5.01 Å². The molecule has 1 amide bonds. The van der Waals surface area contributed by atoms with Crippen molar-refractivity contribution in [2.45, 2.75) is 25.8 Å². The van der Waals surface area contributed by atoms with Gasteiger partial charge in [-0.25, -0.2) is 4.98 Å². The summed E-state index contributed by atoms with van der Waals surface area (Å²) in [5, 5.41) is 9.04. The van der Waals surface area contributed by atoms with Crippen LogP contribution in [0, 0.1) is 0 Å². The standard InChI is InChI=1S/C12H21N3O2S/c1-3-10(12-14-6-8-18-12)15-9-11(16)13-5-4-7-17-2/h6,8,10,15H,3-5,7,9H2,1-2H3,(H,13,16). The lowest BCUT2D eigenvalue weighted by Crippen LogP contribution is -2.36. The van der Waals surface area contributed by atoms with Crippen LogP contribution in [0.4, 0.5) is 0 Å². The summed E-state index contributed by atoms with van der Waals surface area (Å²) in [6.07, 6.45) is 3.55. The number of aromatic nitrogens is 1. The molecule has 5 nitrogen and oxygen atoms in total. The van der Waals surface area contributed by atoms with E-state index in [1.807, 2.05) is 5.38 Å². The van der Waals surface area contributed by atoms with Gasteiger partial charge in [-0.2, -0.15) is 0 Å². The van der Waals surface area contributed by atoms with Crippen LogP contribution in [0.1, 0.15) is 30.8 Å². The lowest BCUT2D eigenvalue weighted by molar-refractivity contribution is -0.120. The predicted molar refractivity (Wildman–Crippen MR) is 72.7 cm³/mol. The Balaban J connectivity index is 2.20. The van der Waals surface area contributed by atoms with Crippen molar-refractivity contribution in [1.29, 1.82) is 0 Å². The van der Waals surface area contributed by atoms with E-state index >= 15 is 0 Å². The van der Waals surface area contributed by atoms with Gasteiger partial charge in [0, 0.05) is 31.8 Å².